The van der Waals surface area contributed by atoms with Crippen LogP contribution in [0.3, 0.4) is 0 Å². The summed E-state index contributed by atoms with van der Waals surface area (Å²) in [6.07, 6.45) is 2.70. The van der Waals surface area contributed by atoms with Crippen molar-refractivity contribution >= 4 is 24.2 Å². The summed E-state index contributed by atoms with van der Waals surface area (Å²) in [7, 11) is 0. The second-order valence-corrected chi connectivity index (χ2v) is 5.88. The highest BCUT2D eigenvalue weighted by Crippen LogP contribution is 2.04. The van der Waals surface area contributed by atoms with Gasteiger partial charge in [-0.2, -0.15) is 0 Å². The molecule has 26 heavy (non-hydrogen) atoms. The first-order valence-electron chi connectivity index (χ1n) is 8.45. The number of benzene rings is 1. The Morgan fingerprint density at radius 1 is 1.08 bits per heavy atom. The summed E-state index contributed by atoms with van der Waals surface area (Å²) >= 11 is 0. The van der Waals surface area contributed by atoms with Gasteiger partial charge in [-0.3, -0.25) is 4.79 Å². The number of hydrogen-bond donors (Lipinski definition) is 4. The first-order chi connectivity index (χ1) is 12.4. The number of urea groups is 1. The van der Waals surface area contributed by atoms with Crippen LogP contribution in [0.5, 0.6) is 0 Å². The Balaban J connectivity index is 2.19. The van der Waals surface area contributed by atoms with Gasteiger partial charge in [0.05, 0.1) is 0 Å². The van der Waals surface area contributed by atoms with E-state index < -0.39 is 12.0 Å². The van der Waals surface area contributed by atoms with Crippen molar-refractivity contribution in [2.24, 2.45) is 0 Å². The number of carbonyl (C=O) groups excluding carboxylic acids is 3. The van der Waals surface area contributed by atoms with E-state index in [0.29, 0.717) is 38.8 Å². The fraction of sp³-hybridized carbons (Fsp3) is 0.444. The van der Waals surface area contributed by atoms with E-state index >= 15 is 0 Å². The maximum atomic E-state index is 11.7. The van der Waals surface area contributed by atoms with Gasteiger partial charge in [0.25, 0.3) is 0 Å². The lowest BCUT2D eigenvalue weighted by Crippen LogP contribution is -2.39. The fourth-order valence-electron chi connectivity index (χ4n) is 2.31. The maximum absolute atomic E-state index is 11.7. The predicted molar refractivity (Wildman–Crippen MR) is 95.5 cm³/mol. The van der Waals surface area contributed by atoms with Crippen LogP contribution in [0.2, 0.25) is 0 Å². The molecule has 1 rings (SSSR count). The number of unbranched alkanes of at least 4 members (excludes halogenated alkanes) is 1. The SMILES string of the molecule is CC(=O)N[C@@H](CCCCNC(=O)NCc1ccc(CC=O)cc1)C(=O)O. The topological polar surface area (TPSA) is 125 Å². The smallest absolute Gasteiger partial charge is 0.326 e. The summed E-state index contributed by atoms with van der Waals surface area (Å²) < 4.78 is 0. The molecule has 0 aliphatic heterocycles. The number of carboxylic acid groups (broad SMARTS) is 1. The summed E-state index contributed by atoms with van der Waals surface area (Å²) in [4.78, 5) is 44.0. The molecule has 1 atom stereocenters. The number of nitrogens with one attached hydrogen (secondary N) is 3. The van der Waals surface area contributed by atoms with Gasteiger partial charge in [-0.25, -0.2) is 9.59 Å². The zero-order valence-corrected chi connectivity index (χ0v) is 14.8. The fourth-order valence-corrected chi connectivity index (χ4v) is 2.31. The second kappa shape index (κ2) is 11.6. The molecule has 0 radical (unpaired) electrons. The van der Waals surface area contributed by atoms with Crippen LogP contribution in [0.25, 0.3) is 0 Å². The minimum Gasteiger partial charge on any atom is -0.480 e. The molecular formula is C18H25N3O5. The molecule has 0 bridgehead atoms. The Morgan fingerprint density at radius 3 is 2.31 bits per heavy atom. The minimum atomic E-state index is -1.06. The minimum absolute atomic E-state index is 0.307. The average Bonchev–Trinajstić information content (AvgIpc) is 2.59. The lowest BCUT2D eigenvalue weighted by atomic mass is 10.1. The van der Waals surface area contributed by atoms with E-state index in [4.69, 9.17) is 5.11 Å². The molecule has 0 spiro atoms. The highest BCUT2D eigenvalue weighted by atomic mass is 16.4. The van der Waals surface area contributed by atoms with E-state index in [1.54, 1.807) is 0 Å². The maximum Gasteiger partial charge on any atom is 0.326 e. The Kier molecular flexibility index (Phi) is 9.45. The van der Waals surface area contributed by atoms with Crippen molar-refractivity contribution in [3.05, 3.63) is 35.4 Å². The average molecular weight is 363 g/mol. The molecule has 0 aliphatic carbocycles. The third-order valence-corrected chi connectivity index (χ3v) is 3.68. The quantitative estimate of drug-likeness (QED) is 0.345. The standard InChI is InChI=1S/C18H25N3O5/c1-13(23)21-16(17(24)25)4-2-3-10-19-18(26)20-12-15-7-5-14(6-8-15)9-11-22/h5-8,11,16H,2-4,9-10,12H2,1H3,(H,21,23)(H,24,25)(H2,19,20,26)/t16-/m0/s1. The van der Waals surface area contributed by atoms with Gasteiger partial charge in [-0.1, -0.05) is 24.3 Å². The molecule has 8 heteroatoms. The number of hydrogen-bond acceptors (Lipinski definition) is 4. The zero-order valence-electron chi connectivity index (χ0n) is 14.8. The molecule has 142 valence electrons. The van der Waals surface area contributed by atoms with Gasteiger partial charge in [-0.15, -0.1) is 0 Å². The van der Waals surface area contributed by atoms with Crippen molar-refractivity contribution in [1.29, 1.82) is 0 Å². The molecule has 4 N–H and O–H groups in total. The van der Waals surface area contributed by atoms with Crippen molar-refractivity contribution in [2.45, 2.75) is 45.2 Å². The van der Waals surface area contributed by atoms with E-state index in [9.17, 15) is 19.2 Å². The summed E-state index contributed by atoms with van der Waals surface area (Å²) in [5, 5.41) is 16.8. The molecule has 8 nitrogen and oxygen atoms in total. The summed E-state index contributed by atoms with van der Waals surface area (Å²) in [6, 6.07) is 6.19. The zero-order chi connectivity index (χ0) is 19.4. The van der Waals surface area contributed by atoms with Crippen LogP contribution in [-0.4, -0.2) is 41.9 Å². The van der Waals surface area contributed by atoms with Crippen LogP contribution in [0.4, 0.5) is 4.79 Å². The number of amides is 3. The van der Waals surface area contributed by atoms with E-state index in [-0.39, 0.29) is 11.9 Å². The molecule has 0 saturated carbocycles. The first-order valence-corrected chi connectivity index (χ1v) is 8.45. The Morgan fingerprint density at radius 2 is 1.73 bits per heavy atom. The van der Waals surface area contributed by atoms with Crippen molar-refractivity contribution in [2.75, 3.05) is 6.54 Å². The molecule has 0 saturated heterocycles. The van der Waals surface area contributed by atoms with Gasteiger partial charge in [0.15, 0.2) is 0 Å². The number of rotatable bonds is 11. The van der Waals surface area contributed by atoms with E-state index in [0.717, 1.165) is 17.4 Å². The largest absolute Gasteiger partial charge is 0.480 e. The summed E-state index contributed by atoms with van der Waals surface area (Å²) in [6.45, 7) is 2.06. The van der Waals surface area contributed by atoms with Crippen LogP contribution >= 0.6 is 0 Å². The highest BCUT2D eigenvalue weighted by molar-refractivity contribution is 5.82. The van der Waals surface area contributed by atoms with Crippen LogP contribution < -0.4 is 16.0 Å². The Labute approximate surface area is 152 Å². The number of carbonyl (C=O) groups is 4. The Bertz CT molecular complexity index is 616. The number of carboxylic acids is 1. The Hall–Kier alpha value is -2.90. The monoisotopic (exact) mass is 363 g/mol. The van der Waals surface area contributed by atoms with Crippen LogP contribution in [0.15, 0.2) is 24.3 Å². The van der Waals surface area contributed by atoms with Crippen LogP contribution in [-0.2, 0) is 27.3 Å². The van der Waals surface area contributed by atoms with Crippen molar-refractivity contribution in [1.82, 2.24) is 16.0 Å². The van der Waals surface area contributed by atoms with Crippen molar-refractivity contribution in [3.8, 4) is 0 Å². The van der Waals surface area contributed by atoms with Gasteiger partial charge < -0.3 is 25.9 Å². The molecule has 0 heterocycles. The summed E-state index contributed by atoms with van der Waals surface area (Å²) in [5.74, 6) is -1.45. The molecular weight excluding hydrogens is 338 g/mol. The van der Waals surface area contributed by atoms with Gasteiger partial charge in [0.2, 0.25) is 5.91 Å². The van der Waals surface area contributed by atoms with Gasteiger partial charge >= 0.3 is 12.0 Å². The molecule has 0 unspecified atom stereocenters. The summed E-state index contributed by atoms with van der Waals surface area (Å²) in [5.41, 5.74) is 1.85. The van der Waals surface area contributed by atoms with E-state index in [2.05, 4.69) is 16.0 Å². The van der Waals surface area contributed by atoms with Crippen molar-refractivity contribution in [3.63, 3.8) is 0 Å². The van der Waals surface area contributed by atoms with Gasteiger partial charge in [0.1, 0.15) is 12.3 Å². The van der Waals surface area contributed by atoms with Crippen LogP contribution in [0.1, 0.15) is 37.3 Å². The third-order valence-electron chi connectivity index (χ3n) is 3.68. The molecule has 0 aliphatic rings. The lowest BCUT2D eigenvalue weighted by Gasteiger charge is -2.13. The first kappa shape index (κ1) is 21.1. The van der Waals surface area contributed by atoms with Gasteiger partial charge in [0, 0.05) is 26.4 Å². The second-order valence-electron chi connectivity index (χ2n) is 5.88. The molecule has 0 fully saturated rings. The molecule has 1 aromatic carbocycles. The molecule has 3 amide bonds. The highest BCUT2D eigenvalue weighted by Gasteiger charge is 2.17. The number of aliphatic carboxylic acids is 1. The predicted octanol–water partition coefficient (Wildman–Crippen LogP) is 0.987. The van der Waals surface area contributed by atoms with E-state index in [1.165, 1.54) is 6.92 Å². The molecule has 1 aromatic rings. The normalized spacial score (nSPS) is 11.3. The number of aldehydes is 1. The lowest BCUT2D eigenvalue weighted by molar-refractivity contribution is -0.141. The van der Waals surface area contributed by atoms with E-state index in [1.807, 2.05) is 24.3 Å². The van der Waals surface area contributed by atoms with Crippen molar-refractivity contribution < 1.29 is 24.3 Å². The van der Waals surface area contributed by atoms with Crippen LogP contribution in [0, 0.1) is 0 Å². The molecule has 0 aromatic heterocycles. The third kappa shape index (κ3) is 8.81. The van der Waals surface area contributed by atoms with Gasteiger partial charge in [-0.05, 0) is 30.4 Å².